The van der Waals surface area contributed by atoms with Crippen LogP contribution in [0.25, 0.3) is 0 Å². The summed E-state index contributed by atoms with van der Waals surface area (Å²) in [5.74, 6) is 0.204. The van der Waals surface area contributed by atoms with E-state index < -0.39 is 0 Å². The third-order valence-electron chi connectivity index (χ3n) is 5.74. The van der Waals surface area contributed by atoms with Crippen LogP contribution in [-0.2, 0) is 30.3 Å². The van der Waals surface area contributed by atoms with E-state index in [9.17, 15) is 19.2 Å². The lowest BCUT2D eigenvalue weighted by molar-refractivity contribution is -0.141. The molecule has 0 saturated carbocycles. The molecule has 2 N–H and O–H groups in total. The van der Waals surface area contributed by atoms with Gasteiger partial charge in [-0.3, -0.25) is 19.2 Å². The minimum absolute atomic E-state index is 0.0997. The number of benzene rings is 1. The van der Waals surface area contributed by atoms with Gasteiger partial charge in [-0.15, -0.1) is 0 Å². The number of hydrogen-bond donors (Lipinski definition) is 1. The van der Waals surface area contributed by atoms with Crippen LogP contribution >= 0.6 is 0 Å². The molecule has 8 nitrogen and oxygen atoms in total. The molecule has 0 heterocycles. The quantitative estimate of drug-likeness (QED) is 0.255. The summed E-state index contributed by atoms with van der Waals surface area (Å²) in [7, 11) is 1.37. The summed E-state index contributed by atoms with van der Waals surface area (Å²) in [4.78, 5) is 50.9. The second-order valence-corrected chi connectivity index (χ2v) is 9.10. The average Bonchev–Trinajstić information content (AvgIpc) is 2.78. The maximum atomic E-state index is 11.7. The molecule has 0 spiro atoms. The number of Topliss-reactive ketones (excluding diaryl/α,β-unsaturated/α-hetero) is 3. The van der Waals surface area contributed by atoms with Crippen molar-refractivity contribution in [3.63, 3.8) is 0 Å². The number of hydrogen-bond acceptors (Lipinski definition) is 8. The van der Waals surface area contributed by atoms with Gasteiger partial charge in [0.1, 0.15) is 17.3 Å². The minimum Gasteiger partial charge on any atom is -0.469 e. The SMILES string of the molecule is COC(=O)CCN(CCC(C)=O)CC(Cc1ccc(N)cc1)CN(CCC(C)=O)CCC(C)=O. The van der Waals surface area contributed by atoms with Crippen molar-refractivity contribution in [3.05, 3.63) is 29.8 Å². The predicted molar refractivity (Wildman–Crippen MR) is 133 cm³/mol. The lowest BCUT2D eigenvalue weighted by Crippen LogP contribution is -2.40. The summed E-state index contributed by atoms with van der Waals surface area (Å²) < 4.78 is 4.79. The van der Waals surface area contributed by atoms with E-state index in [2.05, 4.69) is 9.80 Å². The summed E-state index contributed by atoms with van der Waals surface area (Å²) in [6.45, 7) is 8.33. The van der Waals surface area contributed by atoms with Gasteiger partial charge in [0.05, 0.1) is 13.5 Å². The molecule has 0 aliphatic carbocycles. The third kappa shape index (κ3) is 13.9. The van der Waals surface area contributed by atoms with Crippen LogP contribution in [0.3, 0.4) is 0 Å². The molecule has 0 aromatic heterocycles. The Balaban J connectivity index is 3.05. The topological polar surface area (TPSA) is 110 Å². The van der Waals surface area contributed by atoms with E-state index in [1.807, 2.05) is 24.3 Å². The zero-order valence-corrected chi connectivity index (χ0v) is 21.2. The molecule has 1 rings (SSSR count). The van der Waals surface area contributed by atoms with E-state index in [1.54, 1.807) is 20.8 Å². The Morgan fingerprint density at radius 2 is 1.18 bits per heavy atom. The molecule has 0 saturated heterocycles. The average molecular weight is 476 g/mol. The summed E-state index contributed by atoms with van der Waals surface area (Å²) in [6.07, 6.45) is 2.30. The van der Waals surface area contributed by atoms with Gasteiger partial charge in [-0.1, -0.05) is 12.1 Å². The number of esters is 1. The van der Waals surface area contributed by atoms with Gasteiger partial charge in [-0.25, -0.2) is 0 Å². The maximum absolute atomic E-state index is 11.7. The number of ether oxygens (including phenoxy) is 1. The number of nitrogen functional groups attached to an aromatic ring is 1. The van der Waals surface area contributed by atoms with Gasteiger partial charge in [0.15, 0.2) is 0 Å². The lowest BCUT2D eigenvalue weighted by atomic mass is 9.97. The number of carbonyl (C=O) groups excluding carboxylic acids is 4. The molecule has 1 atom stereocenters. The highest BCUT2D eigenvalue weighted by molar-refractivity contribution is 5.76. The zero-order valence-electron chi connectivity index (χ0n) is 21.2. The second-order valence-electron chi connectivity index (χ2n) is 9.10. The van der Waals surface area contributed by atoms with Crippen molar-refractivity contribution in [1.82, 2.24) is 9.80 Å². The normalized spacial score (nSPS) is 12.1. The van der Waals surface area contributed by atoms with Gasteiger partial charge in [-0.05, 0) is 50.8 Å². The highest BCUT2D eigenvalue weighted by Gasteiger charge is 2.20. The van der Waals surface area contributed by atoms with Crippen LogP contribution in [0, 0.1) is 5.92 Å². The number of nitrogens with two attached hydrogens (primary N) is 1. The molecule has 0 bridgehead atoms. The first-order valence-electron chi connectivity index (χ1n) is 11.9. The van der Waals surface area contributed by atoms with Crippen molar-refractivity contribution in [3.8, 4) is 0 Å². The van der Waals surface area contributed by atoms with Crippen LogP contribution < -0.4 is 5.73 Å². The van der Waals surface area contributed by atoms with E-state index in [-0.39, 0.29) is 35.7 Å². The first-order valence-corrected chi connectivity index (χ1v) is 11.9. The summed E-state index contributed by atoms with van der Waals surface area (Å²) in [5.41, 5.74) is 7.68. The third-order valence-corrected chi connectivity index (χ3v) is 5.74. The molecule has 0 aliphatic rings. The molecule has 1 aromatic rings. The molecule has 1 aromatic carbocycles. The van der Waals surface area contributed by atoms with Crippen molar-refractivity contribution >= 4 is 29.0 Å². The Hall–Kier alpha value is -2.58. The summed E-state index contributed by atoms with van der Waals surface area (Å²) in [5, 5.41) is 0. The number of nitrogens with zero attached hydrogens (tertiary/aromatic N) is 2. The molecule has 0 amide bonds. The Morgan fingerprint density at radius 1 is 0.765 bits per heavy atom. The van der Waals surface area contributed by atoms with Gasteiger partial charge in [0.25, 0.3) is 0 Å². The summed E-state index contributed by atoms with van der Waals surface area (Å²) >= 11 is 0. The molecular weight excluding hydrogens is 434 g/mol. The van der Waals surface area contributed by atoms with E-state index >= 15 is 0 Å². The van der Waals surface area contributed by atoms with E-state index in [0.29, 0.717) is 64.2 Å². The molecule has 0 fully saturated rings. The van der Waals surface area contributed by atoms with Gasteiger partial charge in [0.2, 0.25) is 0 Å². The smallest absolute Gasteiger partial charge is 0.306 e. The highest BCUT2D eigenvalue weighted by Crippen LogP contribution is 2.16. The minimum atomic E-state index is -0.285. The molecule has 8 heteroatoms. The van der Waals surface area contributed by atoms with Gasteiger partial charge >= 0.3 is 5.97 Å². The van der Waals surface area contributed by atoms with Gasteiger partial charge in [0, 0.05) is 64.2 Å². The lowest BCUT2D eigenvalue weighted by Gasteiger charge is -2.32. The second kappa shape index (κ2) is 16.1. The first kappa shape index (κ1) is 29.5. The first-order chi connectivity index (χ1) is 16.1. The van der Waals surface area contributed by atoms with Crippen molar-refractivity contribution in [2.75, 3.05) is 52.1 Å². The van der Waals surface area contributed by atoms with E-state index in [1.165, 1.54) is 7.11 Å². The molecule has 0 aliphatic heterocycles. The van der Waals surface area contributed by atoms with Crippen LogP contribution in [0.2, 0.25) is 0 Å². The summed E-state index contributed by atoms with van der Waals surface area (Å²) in [6, 6.07) is 7.76. The number of anilines is 1. The maximum Gasteiger partial charge on any atom is 0.306 e. The molecular formula is C26H41N3O5. The van der Waals surface area contributed by atoms with Crippen LogP contribution in [0.4, 0.5) is 5.69 Å². The van der Waals surface area contributed by atoms with Crippen LogP contribution in [0.5, 0.6) is 0 Å². The number of rotatable bonds is 18. The van der Waals surface area contributed by atoms with E-state index in [4.69, 9.17) is 10.5 Å². The molecule has 34 heavy (non-hydrogen) atoms. The van der Waals surface area contributed by atoms with Gasteiger partial charge < -0.3 is 20.3 Å². The van der Waals surface area contributed by atoms with Crippen LogP contribution in [-0.4, -0.2) is 79.5 Å². The fourth-order valence-electron chi connectivity index (χ4n) is 3.79. The zero-order chi connectivity index (χ0) is 25.5. The van der Waals surface area contributed by atoms with Crippen LogP contribution in [0.1, 0.15) is 52.0 Å². The van der Waals surface area contributed by atoms with Crippen LogP contribution in [0.15, 0.2) is 24.3 Å². The van der Waals surface area contributed by atoms with Crippen molar-refractivity contribution < 1.29 is 23.9 Å². The molecule has 0 radical (unpaired) electrons. The van der Waals surface area contributed by atoms with Crippen molar-refractivity contribution in [2.24, 2.45) is 5.92 Å². The number of methoxy groups -OCH3 is 1. The Morgan fingerprint density at radius 3 is 1.56 bits per heavy atom. The number of carbonyl (C=O) groups is 4. The monoisotopic (exact) mass is 475 g/mol. The Kier molecular flexibility index (Phi) is 14.0. The fraction of sp³-hybridized carbons (Fsp3) is 0.615. The van der Waals surface area contributed by atoms with Crippen molar-refractivity contribution in [2.45, 2.75) is 52.9 Å². The molecule has 190 valence electrons. The standard InChI is InChI=1S/C26H41N3O5/c1-20(30)9-13-28(14-10-21(2)31)18-24(17-23-5-7-25(27)8-6-23)19-29(15-11-22(3)32)16-12-26(33)34-4/h5-8,24H,9-19,27H2,1-4H3. The molecule has 1 unspecified atom stereocenters. The largest absolute Gasteiger partial charge is 0.469 e. The predicted octanol–water partition coefficient (Wildman–Crippen LogP) is 2.53. The van der Waals surface area contributed by atoms with E-state index in [0.717, 1.165) is 12.0 Å². The highest BCUT2D eigenvalue weighted by atomic mass is 16.5. The number of ketones is 3. The Bertz CT molecular complexity index is 776. The van der Waals surface area contributed by atoms with Gasteiger partial charge in [-0.2, -0.15) is 0 Å². The van der Waals surface area contributed by atoms with Crippen molar-refractivity contribution in [1.29, 1.82) is 0 Å². The fourth-order valence-corrected chi connectivity index (χ4v) is 3.79. The Labute approximate surface area is 203 Å².